The maximum Gasteiger partial charge on any atom is 0.164 e. The molecule has 0 fully saturated rings. The van der Waals surface area contributed by atoms with Gasteiger partial charge in [0.15, 0.2) is 40.8 Å². The molecule has 0 aliphatic heterocycles. The van der Waals surface area contributed by atoms with Gasteiger partial charge in [-0.1, -0.05) is 364 Å². The number of fused-ring (bicyclic) bond motifs is 18. The number of thiophene rings is 3. The number of hydrogen-bond acceptors (Lipinski definition) is 12. The lowest BCUT2D eigenvalue weighted by Crippen LogP contribution is -2.00. The van der Waals surface area contributed by atoms with Gasteiger partial charge < -0.3 is 13.6 Å². The summed E-state index contributed by atoms with van der Waals surface area (Å²) >= 11 is 5.36. The summed E-state index contributed by atoms with van der Waals surface area (Å²) in [6, 6.07) is 170. The second-order valence-electron chi connectivity index (χ2n) is 35.9. The Kier molecular flexibility index (Phi) is 21.3. The van der Waals surface area contributed by atoms with Crippen LogP contribution in [0.25, 0.3) is 273 Å². The normalized spacial score (nSPS) is 11.6. The minimum absolute atomic E-state index is 0.636. The molecule has 0 atom stereocenters. The number of rotatable bonds is 14. The van der Waals surface area contributed by atoms with E-state index in [0.29, 0.717) is 40.8 Å². The van der Waals surface area contributed by atoms with Crippen LogP contribution in [0, 0.1) is 0 Å². The maximum atomic E-state index is 6.27. The molecule has 0 radical (unpaired) electrons. The summed E-state index contributed by atoms with van der Waals surface area (Å²) in [5.41, 5.74) is 27.7. The summed E-state index contributed by atoms with van der Waals surface area (Å²) < 4.78 is 18.2. The molecule has 0 spiro atoms. The Balaban J connectivity index is 0.000000108. The van der Waals surface area contributed by atoms with Crippen LogP contribution < -0.4 is 0 Å². The van der Waals surface area contributed by atoms with Crippen LogP contribution in [0.1, 0.15) is 0 Å². The van der Waals surface area contributed by atoms with Crippen molar-refractivity contribution in [1.82, 2.24) is 49.0 Å². The average molecular weight is 1890 g/mol. The molecule has 9 heterocycles. The van der Waals surface area contributed by atoms with Gasteiger partial charge in [-0.2, -0.15) is 0 Å². The van der Waals surface area contributed by atoms with Gasteiger partial charge in [-0.15, -0.1) is 34.0 Å². The second-order valence-corrected chi connectivity index (χ2v) is 39.1. The Bertz CT molecular complexity index is 9980. The van der Waals surface area contributed by atoms with Crippen molar-refractivity contribution in [2.75, 3.05) is 0 Å². The molecular formula is C130H80N10OS3. The van der Waals surface area contributed by atoms with Crippen LogP contribution in [0.15, 0.2) is 490 Å². The molecule has 14 heteroatoms. The third kappa shape index (κ3) is 15.5. The Labute approximate surface area is 839 Å². The molecule has 674 valence electrons. The third-order valence-corrected chi connectivity index (χ3v) is 30.7. The predicted octanol–water partition coefficient (Wildman–Crippen LogP) is 35.4. The zero-order valence-electron chi connectivity index (χ0n) is 77.3. The molecule has 144 heavy (non-hydrogen) atoms. The van der Waals surface area contributed by atoms with E-state index in [9.17, 15) is 0 Å². The Morgan fingerprint density at radius 3 is 1.16 bits per heavy atom. The Morgan fingerprint density at radius 2 is 0.528 bits per heavy atom. The zero-order chi connectivity index (χ0) is 95.1. The lowest BCUT2D eigenvalue weighted by molar-refractivity contribution is 0.669. The van der Waals surface area contributed by atoms with Crippen LogP contribution in [-0.2, 0) is 0 Å². The van der Waals surface area contributed by atoms with Gasteiger partial charge in [0, 0.05) is 139 Å². The third-order valence-electron chi connectivity index (χ3n) is 27.2. The van der Waals surface area contributed by atoms with Gasteiger partial charge >= 0.3 is 0 Å². The van der Waals surface area contributed by atoms with Gasteiger partial charge in [0.25, 0.3) is 0 Å². The minimum atomic E-state index is 0.636. The Morgan fingerprint density at radius 1 is 0.174 bits per heavy atom. The molecule has 0 saturated carbocycles. The van der Waals surface area contributed by atoms with Crippen molar-refractivity contribution >= 4 is 160 Å². The van der Waals surface area contributed by atoms with Crippen molar-refractivity contribution in [3.05, 3.63) is 485 Å². The molecule has 0 unspecified atom stereocenters. The maximum absolute atomic E-state index is 6.27. The summed E-state index contributed by atoms with van der Waals surface area (Å²) in [6.07, 6.45) is 0. The molecule has 0 saturated heterocycles. The highest BCUT2D eigenvalue weighted by Crippen LogP contribution is 2.47. The molecule has 0 amide bonds. The number of aromatic nitrogens is 10. The van der Waals surface area contributed by atoms with Gasteiger partial charge in [0.05, 0.1) is 38.0 Å². The van der Waals surface area contributed by atoms with Crippen LogP contribution in [0.5, 0.6) is 0 Å². The van der Waals surface area contributed by atoms with Crippen LogP contribution in [0.3, 0.4) is 0 Å². The van der Waals surface area contributed by atoms with Gasteiger partial charge in [-0.25, -0.2) is 39.9 Å². The molecular weight excluding hydrogens is 1810 g/mol. The highest BCUT2D eigenvalue weighted by Gasteiger charge is 2.25. The number of hydrogen-bond donors (Lipinski definition) is 0. The van der Waals surface area contributed by atoms with E-state index in [0.717, 1.165) is 121 Å². The van der Waals surface area contributed by atoms with Crippen molar-refractivity contribution < 1.29 is 4.42 Å². The lowest BCUT2D eigenvalue weighted by Gasteiger charge is -2.11. The second kappa shape index (κ2) is 36.1. The molecule has 20 aromatic carbocycles. The fraction of sp³-hybridized carbons (Fsp3) is 0. The molecule has 0 aliphatic rings. The predicted molar refractivity (Wildman–Crippen MR) is 602 cm³/mol. The van der Waals surface area contributed by atoms with E-state index in [-0.39, 0.29) is 0 Å². The summed E-state index contributed by atoms with van der Waals surface area (Å²) in [7, 11) is 0. The number of furan rings is 1. The smallest absolute Gasteiger partial charge is 0.164 e. The van der Waals surface area contributed by atoms with Gasteiger partial charge in [0.1, 0.15) is 11.2 Å². The van der Waals surface area contributed by atoms with Crippen molar-refractivity contribution in [2.24, 2.45) is 0 Å². The summed E-state index contributed by atoms with van der Waals surface area (Å²) in [5, 5.41) is 13.4. The first-order valence-electron chi connectivity index (χ1n) is 48.1. The largest absolute Gasteiger partial charge is 0.456 e. The monoisotopic (exact) mass is 1890 g/mol. The lowest BCUT2D eigenvalue weighted by atomic mass is 9.97. The fourth-order valence-corrected chi connectivity index (χ4v) is 23.9. The first-order chi connectivity index (χ1) is 71.3. The van der Waals surface area contributed by atoms with E-state index < -0.39 is 0 Å². The molecule has 11 nitrogen and oxygen atoms in total. The van der Waals surface area contributed by atoms with Crippen molar-refractivity contribution in [3.8, 4) is 147 Å². The first-order valence-corrected chi connectivity index (χ1v) is 50.5. The van der Waals surface area contributed by atoms with E-state index >= 15 is 0 Å². The van der Waals surface area contributed by atoms with E-state index in [2.05, 4.69) is 440 Å². The van der Waals surface area contributed by atoms with Crippen molar-refractivity contribution in [1.29, 1.82) is 0 Å². The molecule has 0 N–H and O–H groups in total. The van der Waals surface area contributed by atoms with E-state index in [1.165, 1.54) is 111 Å². The highest BCUT2D eigenvalue weighted by molar-refractivity contribution is 7.27. The molecule has 29 rings (SSSR count). The Hall–Kier alpha value is -18.4. The average Bonchev–Trinajstić information content (AvgIpc) is 1.57. The number of benzene rings is 20. The topological polar surface area (TPSA) is 126 Å². The summed E-state index contributed by atoms with van der Waals surface area (Å²) in [5.74, 6) is 4.61. The highest BCUT2D eigenvalue weighted by atomic mass is 32.1. The standard InChI is InChI=1S/C45H30N4.C45H27N3S2.C40H23N3OS/c1-4-14-31(15-5-1)32-26-28-34(29-27-32)44-46-43(33-16-6-2-7-17-33)47-45(48-44)36-19-12-18-35(30-36)38-23-13-25-41-42(38)39-22-10-11-24-40(39)49(41)37-20-8-3-9-21-37;1-3-11-28(12-4-1)30-15-9-16-31(25-30)43-46-44(32-21-23-36-35-17-7-8-19-38(35)49-40(36)26-32)48-45(47-43)33-22-24-37-41(27-33)50-39-20-10-18-34(42(37)39)29-13-5-2-6-14-29;1-5-13-32-27(9-1)28-10-2-6-14-33(28)43(32)26-20-17-24(18-21-26)40-41-37(39-38(42-40)31-12-4-8-16-36(31)45-39)25-19-22-30-29-11-3-7-15-34(29)44-35(30)23-25/h1-30H;1-27H;1-23H. The van der Waals surface area contributed by atoms with Crippen LogP contribution >= 0.6 is 34.0 Å². The quantitative estimate of drug-likeness (QED) is 0.105. The van der Waals surface area contributed by atoms with E-state index in [1.54, 1.807) is 22.7 Å². The van der Waals surface area contributed by atoms with Crippen LogP contribution in [-0.4, -0.2) is 49.0 Å². The van der Waals surface area contributed by atoms with Crippen molar-refractivity contribution in [2.45, 2.75) is 0 Å². The van der Waals surface area contributed by atoms with Gasteiger partial charge in [-0.05, 0) is 166 Å². The van der Waals surface area contributed by atoms with Crippen LogP contribution in [0.2, 0.25) is 0 Å². The SMILES string of the molecule is c1ccc(-c2ccc(-c3nc(-c4ccccc4)nc(-c4cccc(-c5cccc6c5c5ccccc5n6-c5ccccc5)c4)n3)cc2)cc1.c1ccc(-c2cccc(-c3nc(-c4ccc5c(c4)sc4ccccc45)nc(-c4ccc5c(c4)sc4cccc(-c6ccccc6)c45)n3)c2)cc1.c1ccc2c(c1)oc1cc(-c3nc(-c4ccc(-n5c6ccccc6c6ccccc65)cc4)nc4c3sc3ccccc34)ccc12. The molecule has 29 aromatic rings. The zero-order valence-corrected chi connectivity index (χ0v) is 79.7. The van der Waals surface area contributed by atoms with Gasteiger partial charge in [0.2, 0.25) is 0 Å². The number of para-hydroxylation sites is 5. The first kappa shape index (κ1) is 84.8. The van der Waals surface area contributed by atoms with E-state index in [4.69, 9.17) is 44.3 Å². The van der Waals surface area contributed by atoms with E-state index in [1.807, 2.05) is 65.9 Å². The summed E-state index contributed by atoms with van der Waals surface area (Å²) in [4.78, 5) is 40.9. The number of nitrogens with zero attached hydrogens (tertiary/aromatic N) is 10. The van der Waals surface area contributed by atoms with Crippen LogP contribution in [0.4, 0.5) is 0 Å². The molecule has 0 aliphatic carbocycles. The molecule has 9 aromatic heterocycles. The van der Waals surface area contributed by atoms with Crippen molar-refractivity contribution in [3.63, 3.8) is 0 Å². The summed E-state index contributed by atoms with van der Waals surface area (Å²) in [6.45, 7) is 0. The fourth-order valence-electron chi connectivity index (χ4n) is 20.4. The molecule has 0 bridgehead atoms. The minimum Gasteiger partial charge on any atom is -0.456 e. The van der Waals surface area contributed by atoms with Gasteiger partial charge in [-0.3, -0.25) is 0 Å².